The molecule has 0 aliphatic heterocycles. The van der Waals surface area contributed by atoms with Crippen molar-refractivity contribution in [2.45, 2.75) is 31.8 Å². The standard InChI is InChI=1S/C10H22N2O3/c1-10(2,7-15-4)12-9(13)8(11)5-6-14-3/h8H,5-7,11H2,1-4H3,(H,12,13). The Labute approximate surface area is 91.3 Å². The Hall–Kier alpha value is -0.650. The van der Waals surface area contributed by atoms with Crippen LogP contribution in [0.1, 0.15) is 20.3 Å². The van der Waals surface area contributed by atoms with E-state index in [0.29, 0.717) is 19.6 Å². The maximum Gasteiger partial charge on any atom is 0.237 e. The molecule has 3 N–H and O–H groups in total. The molecule has 1 amide bonds. The normalized spacial score (nSPS) is 13.7. The number of ether oxygens (including phenoxy) is 2. The Kier molecular flexibility index (Phi) is 6.47. The number of nitrogens with one attached hydrogen (secondary N) is 1. The van der Waals surface area contributed by atoms with Crippen LogP contribution in [0.3, 0.4) is 0 Å². The van der Waals surface area contributed by atoms with E-state index in [-0.39, 0.29) is 5.91 Å². The minimum Gasteiger partial charge on any atom is -0.385 e. The van der Waals surface area contributed by atoms with E-state index in [9.17, 15) is 4.79 Å². The summed E-state index contributed by atoms with van der Waals surface area (Å²) < 4.78 is 9.84. The lowest BCUT2D eigenvalue weighted by atomic mass is 10.1. The molecule has 5 nitrogen and oxygen atoms in total. The number of methoxy groups -OCH3 is 2. The summed E-state index contributed by atoms with van der Waals surface area (Å²) in [6.07, 6.45) is 0.519. The molecule has 0 spiro atoms. The van der Waals surface area contributed by atoms with Crippen molar-refractivity contribution in [3.8, 4) is 0 Å². The SMILES string of the molecule is COCCC(N)C(=O)NC(C)(C)COC. The Bertz CT molecular complexity index is 195. The minimum absolute atomic E-state index is 0.172. The van der Waals surface area contributed by atoms with Crippen LogP contribution in [0, 0.1) is 0 Å². The van der Waals surface area contributed by atoms with E-state index in [1.54, 1.807) is 14.2 Å². The predicted octanol–water partition coefficient (Wildman–Crippen LogP) is -0.109. The second-order valence-electron chi connectivity index (χ2n) is 4.19. The van der Waals surface area contributed by atoms with Crippen LogP contribution >= 0.6 is 0 Å². The van der Waals surface area contributed by atoms with Crippen LogP contribution in [-0.2, 0) is 14.3 Å². The van der Waals surface area contributed by atoms with Gasteiger partial charge in [0.15, 0.2) is 0 Å². The Balaban J connectivity index is 4.00. The van der Waals surface area contributed by atoms with E-state index >= 15 is 0 Å². The molecule has 1 unspecified atom stereocenters. The van der Waals surface area contributed by atoms with Crippen LogP contribution in [0.2, 0.25) is 0 Å². The van der Waals surface area contributed by atoms with Crippen LogP contribution in [0.15, 0.2) is 0 Å². The van der Waals surface area contributed by atoms with Gasteiger partial charge in [-0.25, -0.2) is 0 Å². The Morgan fingerprint density at radius 2 is 2.00 bits per heavy atom. The molecular weight excluding hydrogens is 196 g/mol. The van der Waals surface area contributed by atoms with Crippen LogP contribution < -0.4 is 11.1 Å². The first-order valence-electron chi connectivity index (χ1n) is 4.98. The third-order valence-corrected chi connectivity index (χ3v) is 1.94. The molecule has 0 aliphatic rings. The maximum absolute atomic E-state index is 11.6. The average Bonchev–Trinajstić information content (AvgIpc) is 2.13. The van der Waals surface area contributed by atoms with Gasteiger partial charge >= 0.3 is 0 Å². The monoisotopic (exact) mass is 218 g/mol. The maximum atomic E-state index is 11.6. The average molecular weight is 218 g/mol. The second kappa shape index (κ2) is 6.76. The number of carbonyl (C=O) groups excluding carboxylic acids is 1. The topological polar surface area (TPSA) is 73.6 Å². The molecule has 0 fully saturated rings. The van der Waals surface area contributed by atoms with Crippen LogP contribution in [0.25, 0.3) is 0 Å². The number of hydrogen-bond acceptors (Lipinski definition) is 4. The summed E-state index contributed by atoms with van der Waals surface area (Å²) >= 11 is 0. The summed E-state index contributed by atoms with van der Waals surface area (Å²) in [4.78, 5) is 11.6. The number of hydrogen-bond donors (Lipinski definition) is 2. The van der Waals surface area contributed by atoms with Gasteiger partial charge < -0.3 is 20.5 Å². The lowest BCUT2D eigenvalue weighted by molar-refractivity contribution is -0.124. The van der Waals surface area contributed by atoms with Gasteiger partial charge in [-0.15, -0.1) is 0 Å². The molecule has 0 aromatic heterocycles. The molecule has 0 saturated heterocycles. The van der Waals surface area contributed by atoms with Gasteiger partial charge in [-0.2, -0.15) is 0 Å². The van der Waals surface area contributed by atoms with Crippen molar-refractivity contribution in [1.29, 1.82) is 0 Å². The summed E-state index contributed by atoms with van der Waals surface area (Å²) in [7, 11) is 3.18. The first-order chi connectivity index (χ1) is 6.93. The molecule has 5 heteroatoms. The highest BCUT2D eigenvalue weighted by atomic mass is 16.5. The van der Waals surface area contributed by atoms with E-state index in [1.165, 1.54) is 0 Å². The van der Waals surface area contributed by atoms with Gasteiger partial charge in [0.1, 0.15) is 0 Å². The lowest BCUT2D eigenvalue weighted by Crippen LogP contribution is -2.52. The number of nitrogens with two attached hydrogens (primary N) is 1. The van der Waals surface area contributed by atoms with Crippen molar-refractivity contribution in [2.75, 3.05) is 27.4 Å². The third-order valence-electron chi connectivity index (χ3n) is 1.94. The van der Waals surface area contributed by atoms with Crippen molar-refractivity contribution in [2.24, 2.45) is 5.73 Å². The predicted molar refractivity (Wildman–Crippen MR) is 58.6 cm³/mol. The molecule has 0 saturated carbocycles. The van der Waals surface area contributed by atoms with Gasteiger partial charge in [0.25, 0.3) is 0 Å². The second-order valence-corrected chi connectivity index (χ2v) is 4.19. The summed E-state index contributed by atoms with van der Waals surface area (Å²) in [5.41, 5.74) is 5.28. The molecule has 90 valence electrons. The molecule has 0 radical (unpaired) electrons. The minimum atomic E-state index is -0.527. The van der Waals surface area contributed by atoms with Crippen molar-refractivity contribution in [3.63, 3.8) is 0 Å². The van der Waals surface area contributed by atoms with Crippen molar-refractivity contribution < 1.29 is 14.3 Å². The zero-order valence-electron chi connectivity index (χ0n) is 10.0. The molecule has 15 heavy (non-hydrogen) atoms. The zero-order valence-corrected chi connectivity index (χ0v) is 10.0. The molecule has 0 rings (SSSR count). The third kappa shape index (κ3) is 6.43. The summed E-state index contributed by atoms with van der Waals surface area (Å²) in [6, 6.07) is -0.527. The summed E-state index contributed by atoms with van der Waals surface area (Å²) in [6.45, 7) is 4.71. The quantitative estimate of drug-likeness (QED) is 0.625. The van der Waals surface area contributed by atoms with Crippen LogP contribution in [-0.4, -0.2) is 44.9 Å². The van der Waals surface area contributed by atoms with Gasteiger partial charge in [0.2, 0.25) is 5.91 Å². The molecule has 0 aliphatic carbocycles. The molecule has 1 atom stereocenters. The van der Waals surface area contributed by atoms with Crippen LogP contribution in [0.4, 0.5) is 0 Å². The number of rotatable bonds is 7. The summed E-state index contributed by atoms with van der Waals surface area (Å²) in [5, 5.41) is 2.82. The zero-order chi connectivity index (χ0) is 11.9. The van der Waals surface area contributed by atoms with Gasteiger partial charge in [-0.3, -0.25) is 4.79 Å². The molecule has 0 aromatic carbocycles. The Morgan fingerprint density at radius 1 is 1.40 bits per heavy atom. The molecule has 0 heterocycles. The largest absolute Gasteiger partial charge is 0.385 e. The molecule has 0 aromatic rings. The Morgan fingerprint density at radius 3 is 2.47 bits per heavy atom. The van der Waals surface area contributed by atoms with Crippen molar-refractivity contribution >= 4 is 5.91 Å². The van der Waals surface area contributed by atoms with E-state index in [2.05, 4.69) is 5.32 Å². The van der Waals surface area contributed by atoms with Gasteiger partial charge in [0.05, 0.1) is 18.2 Å². The summed E-state index contributed by atoms with van der Waals surface area (Å²) in [5.74, 6) is -0.172. The lowest BCUT2D eigenvalue weighted by Gasteiger charge is -2.26. The molecular formula is C10H22N2O3. The highest BCUT2D eigenvalue weighted by Gasteiger charge is 2.23. The first kappa shape index (κ1) is 14.3. The van der Waals surface area contributed by atoms with Crippen molar-refractivity contribution in [3.05, 3.63) is 0 Å². The highest BCUT2D eigenvalue weighted by Crippen LogP contribution is 2.03. The van der Waals surface area contributed by atoms with E-state index < -0.39 is 11.6 Å². The van der Waals surface area contributed by atoms with E-state index in [1.807, 2.05) is 13.8 Å². The van der Waals surface area contributed by atoms with E-state index in [4.69, 9.17) is 15.2 Å². The van der Waals surface area contributed by atoms with Gasteiger partial charge in [-0.05, 0) is 20.3 Å². The van der Waals surface area contributed by atoms with E-state index in [0.717, 1.165) is 0 Å². The van der Waals surface area contributed by atoms with Gasteiger partial charge in [0, 0.05) is 20.8 Å². The first-order valence-corrected chi connectivity index (χ1v) is 4.98. The van der Waals surface area contributed by atoms with Gasteiger partial charge in [-0.1, -0.05) is 0 Å². The fourth-order valence-electron chi connectivity index (χ4n) is 1.20. The number of carbonyl (C=O) groups is 1. The highest BCUT2D eigenvalue weighted by molar-refractivity contribution is 5.82. The molecule has 0 bridgehead atoms. The van der Waals surface area contributed by atoms with Crippen molar-refractivity contribution in [1.82, 2.24) is 5.32 Å². The number of amides is 1. The smallest absolute Gasteiger partial charge is 0.237 e. The van der Waals surface area contributed by atoms with Crippen LogP contribution in [0.5, 0.6) is 0 Å². The fraction of sp³-hybridized carbons (Fsp3) is 0.900. The fourth-order valence-corrected chi connectivity index (χ4v) is 1.20.